The van der Waals surface area contributed by atoms with Gasteiger partial charge in [0.2, 0.25) is 5.91 Å². The molecule has 112 valence electrons. The minimum absolute atomic E-state index is 0. The molecule has 1 aromatic carbocycles. The summed E-state index contributed by atoms with van der Waals surface area (Å²) in [6, 6.07) is 6.05. The minimum atomic E-state index is 0. The predicted molar refractivity (Wildman–Crippen MR) is 85.1 cm³/mol. The summed E-state index contributed by atoms with van der Waals surface area (Å²) in [5.74, 6) is 0.317. The Kier molecular flexibility index (Phi) is 6.99. The zero-order valence-corrected chi connectivity index (χ0v) is 12.8. The monoisotopic (exact) mass is 277 g/mol. The zero-order valence-electron chi connectivity index (χ0n) is 12.8. The van der Waals surface area contributed by atoms with Crippen LogP contribution in [0.2, 0.25) is 0 Å². The molecular weight excluding hydrogens is 250 g/mol. The molecule has 0 radical (unpaired) electrons. The first kappa shape index (κ1) is 16.4. The van der Waals surface area contributed by atoms with E-state index >= 15 is 0 Å². The van der Waals surface area contributed by atoms with Crippen molar-refractivity contribution in [2.75, 3.05) is 5.32 Å². The van der Waals surface area contributed by atoms with Gasteiger partial charge in [-0.3, -0.25) is 4.79 Å². The van der Waals surface area contributed by atoms with E-state index in [9.17, 15) is 9.59 Å². The molecule has 0 aliphatic heterocycles. The lowest BCUT2D eigenvalue weighted by atomic mass is 10.00. The number of ketones is 1. The highest BCUT2D eigenvalue weighted by molar-refractivity contribution is 5.91. The molecule has 1 amide bonds. The molecule has 0 aliphatic carbocycles. The fraction of sp³-hybridized carbons (Fsp3) is 0.529. The number of hydrogen-bond donors (Lipinski definition) is 1. The summed E-state index contributed by atoms with van der Waals surface area (Å²) in [4.78, 5) is 22.3. The van der Waals surface area contributed by atoms with E-state index in [1.165, 1.54) is 5.56 Å². The second-order valence-corrected chi connectivity index (χ2v) is 5.25. The lowest BCUT2D eigenvalue weighted by Gasteiger charge is -2.12. The van der Waals surface area contributed by atoms with Crippen LogP contribution in [0.25, 0.3) is 0 Å². The molecule has 0 bridgehead atoms. The Morgan fingerprint density at radius 2 is 1.95 bits per heavy atom. The maximum absolute atomic E-state index is 11.5. The third-order valence-electron chi connectivity index (χ3n) is 3.52. The van der Waals surface area contributed by atoms with Crippen molar-refractivity contribution in [3.05, 3.63) is 29.3 Å². The summed E-state index contributed by atoms with van der Waals surface area (Å²) >= 11 is 0. The molecule has 3 heteroatoms. The van der Waals surface area contributed by atoms with Gasteiger partial charge < -0.3 is 10.1 Å². The van der Waals surface area contributed by atoms with Crippen molar-refractivity contribution in [3.63, 3.8) is 0 Å². The van der Waals surface area contributed by atoms with Crippen LogP contribution in [0.5, 0.6) is 0 Å². The van der Waals surface area contributed by atoms with Crippen LogP contribution < -0.4 is 5.32 Å². The SMILES string of the molecule is CCC(=O)Nc1cccc(CCCCCC(C)=O)c1C.[HH]. The largest absolute Gasteiger partial charge is 0.326 e. The fourth-order valence-corrected chi connectivity index (χ4v) is 2.19. The lowest BCUT2D eigenvalue weighted by Crippen LogP contribution is -2.11. The molecule has 0 fully saturated rings. The summed E-state index contributed by atoms with van der Waals surface area (Å²) in [5, 5.41) is 2.93. The van der Waals surface area contributed by atoms with Gasteiger partial charge in [0.15, 0.2) is 0 Å². The van der Waals surface area contributed by atoms with Gasteiger partial charge in [-0.1, -0.05) is 25.5 Å². The molecule has 1 N–H and O–H groups in total. The van der Waals surface area contributed by atoms with E-state index in [2.05, 4.69) is 18.3 Å². The summed E-state index contributed by atoms with van der Waals surface area (Å²) in [7, 11) is 0. The van der Waals surface area contributed by atoms with E-state index in [4.69, 9.17) is 0 Å². The van der Waals surface area contributed by atoms with Crippen LogP contribution in [-0.4, -0.2) is 11.7 Å². The van der Waals surface area contributed by atoms with Crippen molar-refractivity contribution in [2.45, 2.75) is 59.3 Å². The molecule has 1 rings (SSSR count). The van der Waals surface area contributed by atoms with Crippen molar-refractivity contribution < 1.29 is 11.0 Å². The quantitative estimate of drug-likeness (QED) is 0.721. The summed E-state index contributed by atoms with van der Waals surface area (Å²) in [6.07, 6.45) is 5.31. The Morgan fingerprint density at radius 1 is 1.20 bits per heavy atom. The van der Waals surface area contributed by atoms with Crippen molar-refractivity contribution in [3.8, 4) is 0 Å². The number of aryl methyl sites for hydroxylation is 1. The van der Waals surface area contributed by atoms with Crippen molar-refractivity contribution in [1.29, 1.82) is 0 Å². The number of unbranched alkanes of at least 4 members (excludes halogenated alkanes) is 2. The Morgan fingerprint density at radius 3 is 2.60 bits per heavy atom. The van der Waals surface area contributed by atoms with Gasteiger partial charge in [-0.2, -0.15) is 0 Å². The third-order valence-corrected chi connectivity index (χ3v) is 3.52. The van der Waals surface area contributed by atoms with E-state index in [0.29, 0.717) is 12.8 Å². The van der Waals surface area contributed by atoms with Gasteiger partial charge in [0, 0.05) is 20.0 Å². The summed E-state index contributed by atoms with van der Waals surface area (Å²) in [6.45, 7) is 5.55. The topological polar surface area (TPSA) is 46.2 Å². The number of carbonyl (C=O) groups is 2. The molecule has 0 heterocycles. The summed E-state index contributed by atoms with van der Waals surface area (Å²) < 4.78 is 0. The molecule has 0 unspecified atom stereocenters. The normalized spacial score (nSPS) is 10.3. The molecule has 0 aromatic heterocycles. The first-order valence-electron chi connectivity index (χ1n) is 7.42. The molecule has 1 aromatic rings. The predicted octanol–water partition coefficient (Wildman–Crippen LogP) is 4.28. The Bertz CT molecular complexity index is 472. The Labute approximate surface area is 123 Å². The second kappa shape index (κ2) is 8.51. The second-order valence-electron chi connectivity index (χ2n) is 5.25. The molecule has 0 aliphatic rings. The molecule has 20 heavy (non-hydrogen) atoms. The van der Waals surface area contributed by atoms with Crippen LogP contribution in [-0.2, 0) is 16.0 Å². The van der Waals surface area contributed by atoms with Crippen molar-refractivity contribution in [1.82, 2.24) is 0 Å². The van der Waals surface area contributed by atoms with Crippen LogP contribution in [0.1, 0.15) is 58.5 Å². The molecule has 0 saturated heterocycles. The smallest absolute Gasteiger partial charge is 0.224 e. The van der Waals surface area contributed by atoms with Gasteiger partial charge in [0.25, 0.3) is 0 Å². The Hall–Kier alpha value is -1.64. The van der Waals surface area contributed by atoms with Gasteiger partial charge in [-0.25, -0.2) is 0 Å². The number of nitrogens with one attached hydrogen (secondary N) is 1. The highest BCUT2D eigenvalue weighted by Gasteiger charge is 2.06. The number of hydrogen-bond acceptors (Lipinski definition) is 2. The van der Waals surface area contributed by atoms with Gasteiger partial charge in [0.1, 0.15) is 5.78 Å². The molecule has 0 saturated carbocycles. The van der Waals surface area contributed by atoms with Crippen LogP contribution in [0, 0.1) is 6.92 Å². The summed E-state index contributed by atoms with van der Waals surface area (Å²) in [5.41, 5.74) is 3.35. The minimum Gasteiger partial charge on any atom is -0.326 e. The maximum atomic E-state index is 11.5. The number of anilines is 1. The Balaban J connectivity index is 0.00000400. The van der Waals surface area contributed by atoms with Crippen LogP contribution in [0.3, 0.4) is 0 Å². The zero-order chi connectivity index (χ0) is 15.0. The number of benzene rings is 1. The van der Waals surface area contributed by atoms with Gasteiger partial charge in [0.05, 0.1) is 0 Å². The van der Waals surface area contributed by atoms with E-state index in [0.717, 1.165) is 36.9 Å². The average molecular weight is 277 g/mol. The average Bonchev–Trinajstić information content (AvgIpc) is 2.41. The molecule has 0 spiro atoms. The van der Waals surface area contributed by atoms with Crippen molar-refractivity contribution >= 4 is 17.4 Å². The van der Waals surface area contributed by atoms with Crippen LogP contribution >= 0.6 is 0 Å². The first-order valence-corrected chi connectivity index (χ1v) is 7.42. The third kappa shape index (κ3) is 5.55. The molecular formula is C17H27NO2. The van der Waals surface area contributed by atoms with E-state index < -0.39 is 0 Å². The van der Waals surface area contributed by atoms with Gasteiger partial charge in [-0.05, 0) is 50.3 Å². The number of rotatable bonds is 8. The first-order chi connectivity index (χ1) is 9.54. The van der Waals surface area contributed by atoms with Crippen LogP contribution in [0.4, 0.5) is 5.69 Å². The highest BCUT2D eigenvalue weighted by atomic mass is 16.1. The van der Waals surface area contributed by atoms with E-state index in [1.807, 2.05) is 19.1 Å². The number of amides is 1. The van der Waals surface area contributed by atoms with E-state index in [1.54, 1.807) is 6.92 Å². The standard InChI is InChI=1S/C17H25NO2.H2/c1-4-17(20)18-16-12-8-11-15(14(16)3)10-7-5-6-9-13(2)19;/h8,11-12H,4-7,9-10H2,1-3H3,(H,18,20);1H. The maximum Gasteiger partial charge on any atom is 0.224 e. The van der Waals surface area contributed by atoms with Crippen molar-refractivity contribution in [2.24, 2.45) is 0 Å². The highest BCUT2D eigenvalue weighted by Crippen LogP contribution is 2.21. The number of carbonyl (C=O) groups excluding carboxylic acids is 2. The van der Waals surface area contributed by atoms with Gasteiger partial charge in [-0.15, -0.1) is 0 Å². The number of Topliss-reactive ketones (excluding diaryl/α,β-unsaturated/α-hetero) is 1. The lowest BCUT2D eigenvalue weighted by molar-refractivity contribution is -0.117. The fourth-order valence-electron chi connectivity index (χ4n) is 2.19. The van der Waals surface area contributed by atoms with E-state index in [-0.39, 0.29) is 13.1 Å². The van der Waals surface area contributed by atoms with Gasteiger partial charge >= 0.3 is 0 Å². The van der Waals surface area contributed by atoms with Crippen LogP contribution in [0.15, 0.2) is 18.2 Å². The molecule has 3 nitrogen and oxygen atoms in total. The molecule has 0 atom stereocenters.